The van der Waals surface area contributed by atoms with E-state index in [1.54, 1.807) is 32.2 Å². The van der Waals surface area contributed by atoms with Crippen molar-refractivity contribution in [2.75, 3.05) is 11.9 Å². The highest BCUT2D eigenvalue weighted by atomic mass is 35.5. The van der Waals surface area contributed by atoms with E-state index >= 15 is 0 Å². The van der Waals surface area contributed by atoms with Crippen LogP contribution < -0.4 is 10.6 Å². The molecule has 5 nitrogen and oxygen atoms in total. The number of aromatic nitrogens is 2. The smallest absolute Gasteiger partial charge is 0.253 e. The molecule has 2 heterocycles. The van der Waals surface area contributed by atoms with Crippen molar-refractivity contribution in [3.63, 3.8) is 0 Å². The lowest BCUT2D eigenvalue weighted by molar-refractivity contribution is 0.0921. The van der Waals surface area contributed by atoms with Crippen molar-refractivity contribution in [1.29, 1.82) is 0 Å². The minimum absolute atomic E-state index is 0.116. The molecule has 0 aliphatic heterocycles. The molecule has 1 aliphatic rings. The largest absolute Gasteiger partial charge is 0.370 e. The van der Waals surface area contributed by atoms with E-state index in [0.717, 1.165) is 32.2 Å². The predicted molar refractivity (Wildman–Crippen MR) is 105 cm³/mol. The molecule has 0 saturated heterocycles. The number of hydrogen-bond acceptors (Lipinski definition) is 4. The van der Waals surface area contributed by atoms with Crippen LogP contribution in [-0.4, -0.2) is 28.5 Å². The molecule has 0 atom stereocenters. The first-order valence-corrected chi connectivity index (χ1v) is 9.59. The van der Waals surface area contributed by atoms with Gasteiger partial charge in [-0.1, -0.05) is 11.6 Å². The molecule has 0 radical (unpaired) electrons. The van der Waals surface area contributed by atoms with E-state index in [-0.39, 0.29) is 17.8 Å². The Kier molecular flexibility index (Phi) is 6.26. The van der Waals surface area contributed by atoms with Gasteiger partial charge in [-0.05, 0) is 63.1 Å². The fourth-order valence-corrected chi connectivity index (χ4v) is 3.55. The summed E-state index contributed by atoms with van der Waals surface area (Å²) in [6.45, 7) is 4.34. The van der Waals surface area contributed by atoms with E-state index in [2.05, 4.69) is 20.6 Å². The zero-order chi connectivity index (χ0) is 19.4. The number of pyridine rings is 2. The van der Waals surface area contributed by atoms with Gasteiger partial charge in [0.2, 0.25) is 0 Å². The van der Waals surface area contributed by atoms with Gasteiger partial charge in [-0.2, -0.15) is 0 Å². The molecule has 0 spiro atoms. The van der Waals surface area contributed by atoms with Crippen LogP contribution in [0, 0.1) is 25.6 Å². The molecule has 1 fully saturated rings. The second kappa shape index (κ2) is 8.65. The highest BCUT2D eigenvalue weighted by Gasteiger charge is 2.23. The van der Waals surface area contributed by atoms with Gasteiger partial charge < -0.3 is 10.6 Å². The molecule has 1 amide bonds. The van der Waals surface area contributed by atoms with Crippen molar-refractivity contribution >= 4 is 23.3 Å². The van der Waals surface area contributed by atoms with Gasteiger partial charge in [0, 0.05) is 18.8 Å². The van der Waals surface area contributed by atoms with Crippen LogP contribution in [0.2, 0.25) is 5.02 Å². The first-order chi connectivity index (χ1) is 12.9. The number of amides is 1. The number of hydrogen-bond donors (Lipinski definition) is 2. The van der Waals surface area contributed by atoms with Crippen molar-refractivity contribution in [2.24, 2.45) is 5.92 Å². The molecule has 2 aromatic rings. The Balaban J connectivity index is 1.46. The van der Waals surface area contributed by atoms with Gasteiger partial charge in [0.1, 0.15) is 11.6 Å². The molecule has 0 aromatic carbocycles. The number of halogens is 2. The van der Waals surface area contributed by atoms with Gasteiger partial charge in [0.25, 0.3) is 5.91 Å². The van der Waals surface area contributed by atoms with Crippen LogP contribution in [0.25, 0.3) is 0 Å². The van der Waals surface area contributed by atoms with Crippen LogP contribution in [0.5, 0.6) is 0 Å². The molecule has 2 aromatic heterocycles. The number of carbonyl (C=O) groups excluding carboxylic acids is 1. The number of carbonyl (C=O) groups is 1. The molecule has 1 aliphatic carbocycles. The summed E-state index contributed by atoms with van der Waals surface area (Å²) < 4.78 is 13.3. The Labute approximate surface area is 163 Å². The molecule has 0 unspecified atom stereocenters. The summed E-state index contributed by atoms with van der Waals surface area (Å²) in [6.07, 6.45) is 6.69. The van der Waals surface area contributed by atoms with Crippen molar-refractivity contribution in [1.82, 2.24) is 15.3 Å². The minimum Gasteiger partial charge on any atom is -0.370 e. The van der Waals surface area contributed by atoms with Crippen LogP contribution >= 0.6 is 11.6 Å². The van der Waals surface area contributed by atoms with E-state index < -0.39 is 0 Å². The Hall–Kier alpha value is -2.21. The number of nitrogens with zero attached hydrogens (tertiary/aromatic N) is 2. The molecule has 144 valence electrons. The summed E-state index contributed by atoms with van der Waals surface area (Å²) in [7, 11) is 0. The van der Waals surface area contributed by atoms with Gasteiger partial charge >= 0.3 is 0 Å². The molecular formula is C20H24ClFN4O. The topological polar surface area (TPSA) is 66.9 Å². The van der Waals surface area contributed by atoms with E-state index in [9.17, 15) is 9.18 Å². The van der Waals surface area contributed by atoms with Crippen LogP contribution in [0.4, 0.5) is 10.2 Å². The van der Waals surface area contributed by atoms with Crippen molar-refractivity contribution in [3.8, 4) is 0 Å². The fourth-order valence-electron chi connectivity index (χ4n) is 3.40. The summed E-state index contributed by atoms with van der Waals surface area (Å²) in [6, 6.07) is 3.55. The Morgan fingerprint density at radius 3 is 2.63 bits per heavy atom. The highest BCUT2D eigenvalue weighted by Crippen LogP contribution is 2.25. The predicted octanol–water partition coefficient (Wildman–Crippen LogP) is 4.29. The van der Waals surface area contributed by atoms with Crippen LogP contribution in [0.3, 0.4) is 0 Å². The molecule has 0 bridgehead atoms. The first kappa shape index (κ1) is 19.5. The molecule has 3 rings (SSSR count). The SMILES string of the molecule is Cc1cc(NC[C@H]2CC[C@H](NC(=O)c3cc(Cl)cnc3C)CC2)ncc1F. The van der Waals surface area contributed by atoms with Gasteiger partial charge in [-0.25, -0.2) is 9.37 Å². The highest BCUT2D eigenvalue weighted by molar-refractivity contribution is 6.30. The quantitative estimate of drug-likeness (QED) is 0.799. The first-order valence-electron chi connectivity index (χ1n) is 9.21. The average molecular weight is 391 g/mol. The second-order valence-electron chi connectivity index (χ2n) is 7.18. The monoisotopic (exact) mass is 390 g/mol. The Bertz CT molecular complexity index is 822. The van der Waals surface area contributed by atoms with E-state index in [1.165, 1.54) is 6.20 Å². The fraction of sp³-hybridized carbons (Fsp3) is 0.450. The van der Waals surface area contributed by atoms with Gasteiger partial charge in [-0.3, -0.25) is 9.78 Å². The van der Waals surface area contributed by atoms with E-state index in [1.807, 2.05) is 0 Å². The number of anilines is 1. The van der Waals surface area contributed by atoms with Gasteiger partial charge in [-0.15, -0.1) is 0 Å². The summed E-state index contributed by atoms with van der Waals surface area (Å²) >= 11 is 5.95. The Morgan fingerprint density at radius 2 is 1.93 bits per heavy atom. The van der Waals surface area contributed by atoms with E-state index in [0.29, 0.717) is 33.6 Å². The maximum atomic E-state index is 13.3. The zero-order valence-electron chi connectivity index (χ0n) is 15.6. The van der Waals surface area contributed by atoms with Gasteiger partial charge in [0.15, 0.2) is 0 Å². The minimum atomic E-state index is -0.290. The van der Waals surface area contributed by atoms with Crippen molar-refractivity contribution in [2.45, 2.75) is 45.6 Å². The van der Waals surface area contributed by atoms with Crippen LogP contribution in [0.1, 0.15) is 47.3 Å². The standard InChI is InChI=1S/C20H24ClFN4O/c1-12-7-19(25-11-18(12)22)24-9-14-3-5-16(6-4-14)26-20(27)17-8-15(21)10-23-13(17)2/h7-8,10-11,14,16H,3-6,9H2,1-2H3,(H,24,25)(H,26,27)/t14-,16-. The zero-order valence-corrected chi connectivity index (χ0v) is 16.3. The summed E-state index contributed by atoms with van der Waals surface area (Å²) in [5.41, 5.74) is 1.80. The third-order valence-electron chi connectivity index (χ3n) is 5.10. The molecular weight excluding hydrogens is 367 g/mol. The van der Waals surface area contributed by atoms with Gasteiger partial charge in [0.05, 0.1) is 22.5 Å². The van der Waals surface area contributed by atoms with Crippen molar-refractivity contribution < 1.29 is 9.18 Å². The third-order valence-corrected chi connectivity index (χ3v) is 5.31. The summed E-state index contributed by atoms with van der Waals surface area (Å²) in [5, 5.41) is 6.85. The van der Waals surface area contributed by atoms with Crippen LogP contribution in [-0.2, 0) is 0 Å². The lowest BCUT2D eigenvalue weighted by Crippen LogP contribution is -2.38. The second-order valence-corrected chi connectivity index (χ2v) is 7.61. The van der Waals surface area contributed by atoms with Crippen molar-refractivity contribution in [3.05, 3.63) is 52.2 Å². The summed E-state index contributed by atoms with van der Waals surface area (Å²) in [5.74, 6) is 0.810. The third kappa shape index (κ3) is 5.16. The van der Waals surface area contributed by atoms with Crippen LogP contribution in [0.15, 0.2) is 24.5 Å². The molecule has 7 heteroatoms. The molecule has 27 heavy (non-hydrogen) atoms. The summed E-state index contributed by atoms with van der Waals surface area (Å²) in [4.78, 5) is 20.7. The van der Waals surface area contributed by atoms with E-state index in [4.69, 9.17) is 11.6 Å². The maximum Gasteiger partial charge on any atom is 0.253 e. The number of aryl methyl sites for hydroxylation is 2. The normalized spacial score (nSPS) is 19.6. The Morgan fingerprint density at radius 1 is 1.19 bits per heavy atom. The molecule has 1 saturated carbocycles. The number of rotatable bonds is 5. The lowest BCUT2D eigenvalue weighted by Gasteiger charge is -2.29. The average Bonchev–Trinajstić information content (AvgIpc) is 2.65. The maximum absolute atomic E-state index is 13.3. The lowest BCUT2D eigenvalue weighted by atomic mass is 9.86. The number of nitrogens with one attached hydrogen (secondary N) is 2. The molecule has 2 N–H and O–H groups in total.